The molecular weight excluding hydrogens is 1490 g/mol. The maximum atomic E-state index is 15.1. The monoisotopic (exact) mass is 1600 g/mol. The van der Waals surface area contributed by atoms with Crippen LogP contribution in [0.4, 0.5) is 0 Å². The molecule has 3 saturated heterocycles. The molecule has 111 heavy (non-hydrogen) atoms. The van der Waals surface area contributed by atoms with E-state index in [1.54, 1.807) is 52.5 Å². The number of rotatable bonds is 36. The van der Waals surface area contributed by atoms with Gasteiger partial charge in [-0.1, -0.05) is 56.2 Å². The Labute approximate surface area is 654 Å². The lowest BCUT2D eigenvalue weighted by Gasteiger charge is -2.34. The molecule has 38 heteroatoms. The molecule has 616 valence electrons. The quantitative estimate of drug-likeness (QED) is 0.0315. The number of nitrogens with two attached hydrogens (primary N) is 1. The van der Waals surface area contributed by atoms with E-state index in [1.807, 2.05) is 17.9 Å². The standard InChI is InChI=1S/C73H111N15O21S2/c1-3-4-14-52(78-61(92)20-19-60(91)76-21-10-31-107-33-35-109-36-34-108-32-11-22-77-62(93)41-84-25-27-85(42-63(94)95)29-30-86(28-26-84)43-64(96)97)66(98)81-55-46-110-44-50-37-51(40-75-39-50)45-111-47-56(73(105)106)82-68(100)54(38-49-12-6-5-7-13-49)80-67(99)53(17-18-59(74)90)79-70(102)65(48(2)89)83-69(101)57-15-8-23-87(57)72(104)58-16-9-24-88(58)71(55)103/h5-7,12-13,37,39-40,48,52-58,65,89H,3-4,8-11,14-36,38,41-47H2,1-2H3,(H2,74,90)(H,76,91)(H,77,93)(H,78,92)(H,79,102)(H,80,99)(H,81,98)(H,82,100)(H,83,101)(H,94,95)(H,96,97)(H,105,106)/t48-,52+,53+,54+,55+,56+,57+,58+,65+/m1/s1. The second-order valence-electron chi connectivity index (χ2n) is 27.7. The molecule has 4 aliphatic heterocycles. The van der Waals surface area contributed by atoms with Gasteiger partial charge in [-0.15, -0.1) is 0 Å². The third-order valence-electron chi connectivity index (χ3n) is 18.8. The highest BCUT2D eigenvalue weighted by Gasteiger charge is 2.45. The van der Waals surface area contributed by atoms with Crippen molar-refractivity contribution in [2.75, 3.05) is 136 Å². The van der Waals surface area contributed by atoms with Crippen molar-refractivity contribution in [2.45, 2.75) is 170 Å². The Bertz CT molecular complexity index is 3380. The number of pyridine rings is 1. The molecule has 14 N–H and O–H groups in total. The fourth-order valence-corrected chi connectivity index (χ4v) is 14.8. The number of aliphatic hydroxyl groups is 1. The number of aliphatic carboxylic acids is 3. The third kappa shape index (κ3) is 33.7. The van der Waals surface area contributed by atoms with Gasteiger partial charge in [-0.25, -0.2) is 4.79 Å². The summed E-state index contributed by atoms with van der Waals surface area (Å²) in [7, 11) is 0. The molecule has 1 aromatic heterocycles. The van der Waals surface area contributed by atoms with E-state index < -0.39 is 144 Å². The summed E-state index contributed by atoms with van der Waals surface area (Å²) in [6, 6.07) is -0.604. The van der Waals surface area contributed by atoms with Crippen molar-refractivity contribution in [1.29, 1.82) is 0 Å². The number of nitrogens with one attached hydrogen (secondary N) is 8. The van der Waals surface area contributed by atoms with Crippen LogP contribution in [0.15, 0.2) is 48.8 Å². The highest BCUT2D eigenvalue weighted by atomic mass is 32.2. The minimum Gasteiger partial charge on any atom is -0.480 e. The summed E-state index contributed by atoms with van der Waals surface area (Å²) in [5, 5.41) is 61.4. The number of ether oxygens (including phenoxy) is 3. The van der Waals surface area contributed by atoms with Crippen LogP contribution in [0.5, 0.6) is 0 Å². The van der Waals surface area contributed by atoms with Crippen molar-refractivity contribution in [3.05, 3.63) is 65.5 Å². The van der Waals surface area contributed by atoms with Gasteiger partial charge in [0.15, 0.2) is 0 Å². The van der Waals surface area contributed by atoms with Gasteiger partial charge in [0.2, 0.25) is 65.0 Å². The van der Waals surface area contributed by atoms with Crippen LogP contribution in [0.2, 0.25) is 0 Å². The number of aromatic nitrogens is 1. The Morgan fingerprint density at radius 1 is 0.604 bits per heavy atom. The highest BCUT2D eigenvalue weighted by molar-refractivity contribution is 7.98. The van der Waals surface area contributed by atoms with Crippen molar-refractivity contribution in [1.82, 2.24) is 72.0 Å². The van der Waals surface area contributed by atoms with E-state index in [0.717, 1.165) is 0 Å². The summed E-state index contributed by atoms with van der Waals surface area (Å²) < 4.78 is 16.8. The number of primary amides is 1. The van der Waals surface area contributed by atoms with E-state index in [4.69, 9.17) is 19.9 Å². The summed E-state index contributed by atoms with van der Waals surface area (Å²) >= 11 is 2.45. The molecule has 2 bridgehead atoms. The van der Waals surface area contributed by atoms with Crippen LogP contribution in [-0.2, 0) is 99.3 Å². The van der Waals surface area contributed by atoms with Gasteiger partial charge in [0.25, 0.3) is 0 Å². The zero-order valence-corrected chi connectivity index (χ0v) is 64.9. The topological polar surface area (TPSA) is 499 Å². The minimum atomic E-state index is -1.75. The lowest BCUT2D eigenvalue weighted by atomic mass is 10.0. The molecule has 5 heterocycles. The molecule has 9 atom stereocenters. The Kier molecular flexibility index (Phi) is 40.8. The zero-order valence-electron chi connectivity index (χ0n) is 63.3. The van der Waals surface area contributed by atoms with Gasteiger partial charge < -0.3 is 92.7 Å². The summed E-state index contributed by atoms with van der Waals surface area (Å²) in [4.78, 5) is 201. The Hall–Kier alpha value is -8.63. The number of fused-ring (bicyclic) bond motifs is 4. The molecular formula is C73H111N15O21S2. The Morgan fingerprint density at radius 2 is 1.14 bits per heavy atom. The number of nitrogens with zero attached hydrogens (tertiary/aromatic N) is 6. The summed E-state index contributed by atoms with van der Waals surface area (Å²) in [5.41, 5.74) is 7.44. The molecule has 2 aromatic rings. The molecule has 0 unspecified atom stereocenters. The van der Waals surface area contributed by atoms with E-state index >= 15 is 4.79 Å². The first-order chi connectivity index (χ1) is 53.3. The van der Waals surface area contributed by atoms with Crippen molar-refractivity contribution >= 4 is 106 Å². The maximum Gasteiger partial charge on any atom is 0.327 e. The predicted molar refractivity (Wildman–Crippen MR) is 407 cm³/mol. The lowest BCUT2D eigenvalue weighted by molar-refractivity contribution is -0.148. The lowest BCUT2D eigenvalue weighted by Crippen LogP contribution is -2.61. The number of benzene rings is 1. The van der Waals surface area contributed by atoms with Gasteiger partial charge in [0.1, 0.15) is 48.3 Å². The zero-order chi connectivity index (χ0) is 80.6. The molecule has 3 fully saturated rings. The molecule has 11 amide bonds. The smallest absolute Gasteiger partial charge is 0.327 e. The average molecular weight is 1600 g/mol. The summed E-state index contributed by atoms with van der Waals surface area (Å²) in [6.45, 7) is 8.10. The molecule has 0 spiro atoms. The molecule has 0 aliphatic carbocycles. The number of carboxylic acids is 3. The van der Waals surface area contributed by atoms with Crippen molar-refractivity contribution in [2.24, 2.45) is 5.73 Å². The van der Waals surface area contributed by atoms with Crippen LogP contribution >= 0.6 is 23.5 Å². The molecule has 0 radical (unpaired) electrons. The van der Waals surface area contributed by atoms with Crippen LogP contribution in [-0.4, -0.2) is 323 Å². The SMILES string of the molecule is CCCC[C@H](NC(=O)CCC(=O)NCCCOCCOCCOCCCNC(=O)CN1CCN(CC(=O)O)CCN(CC(=O)O)CC1)C(=O)N[C@H]1CSCc2cncc(c2)CSC[C@@H](C(=O)O)NC(=O)[C@H](Cc2ccccc2)NC(=O)[C@H](CCC(N)=O)NC(=O)[C@H]([C@@H](C)O)NC(=O)[C@@H]2CCCN2C(=O)[C@@H]2CCCN2C1=O. The average Bonchev–Trinajstić information content (AvgIpc) is 1.67. The molecule has 6 rings (SSSR count). The first kappa shape index (κ1) is 91.2. The minimum absolute atomic E-state index is 0.0322. The van der Waals surface area contributed by atoms with E-state index in [-0.39, 0.29) is 113 Å². The van der Waals surface area contributed by atoms with Crippen LogP contribution in [0, 0.1) is 0 Å². The van der Waals surface area contributed by atoms with E-state index in [1.165, 1.54) is 40.2 Å². The number of carbonyl (C=O) groups is 14. The van der Waals surface area contributed by atoms with E-state index in [9.17, 15) is 82.8 Å². The van der Waals surface area contributed by atoms with Crippen molar-refractivity contribution in [3.63, 3.8) is 0 Å². The number of carbonyl (C=O) groups excluding carboxylic acids is 11. The number of carboxylic acid groups (broad SMARTS) is 3. The predicted octanol–water partition coefficient (Wildman–Crippen LogP) is -2.45. The van der Waals surface area contributed by atoms with Gasteiger partial charge in [-0.3, -0.25) is 82.0 Å². The fourth-order valence-electron chi connectivity index (χ4n) is 12.9. The van der Waals surface area contributed by atoms with Crippen molar-refractivity contribution in [3.8, 4) is 0 Å². The Morgan fingerprint density at radius 3 is 1.70 bits per heavy atom. The number of amides is 11. The number of thioether (sulfide) groups is 2. The molecule has 1 aromatic carbocycles. The summed E-state index contributed by atoms with van der Waals surface area (Å²) in [5.74, 6) is -10.7. The van der Waals surface area contributed by atoms with Crippen LogP contribution < -0.4 is 48.3 Å². The number of aliphatic hydroxyl groups excluding tert-OH is 1. The third-order valence-corrected chi connectivity index (χ3v) is 21.0. The first-order valence-electron chi connectivity index (χ1n) is 37.9. The summed E-state index contributed by atoms with van der Waals surface area (Å²) in [6.07, 6.45) is 3.53. The van der Waals surface area contributed by atoms with Crippen LogP contribution in [0.1, 0.15) is 114 Å². The highest BCUT2D eigenvalue weighted by Crippen LogP contribution is 2.28. The van der Waals surface area contributed by atoms with Gasteiger partial charge in [0.05, 0.1) is 52.2 Å². The largest absolute Gasteiger partial charge is 0.480 e. The van der Waals surface area contributed by atoms with Crippen molar-refractivity contribution < 1.29 is 102 Å². The second kappa shape index (κ2) is 49.7. The van der Waals surface area contributed by atoms with E-state index in [2.05, 4.69) is 47.5 Å². The van der Waals surface area contributed by atoms with Gasteiger partial charge in [-0.2, -0.15) is 23.5 Å². The molecule has 36 nitrogen and oxygen atoms in total. The fraction of sp³-hybridized carbons (Fsp3) is 0.658. The van der Waals surface area contributed by atoms with Crippen LogP contribution in [0.3, 0.4) is 0 Å². The maximum absolute atomic E-state index is 15.1. The van der Waals surface area contributed by atoms with Gasteiger partial charge in [-0.05, 0) is 75.0 Å². The first-order valence-corrected chi connectivity index (χ1v) is 40.2. The molecule has 0 saturated carbocycles. The number of hydrogen-bond acceptors (Lipinski definition) is 24. The number of hydrogen-bond donors (Lipinski definition) is 13. The molecule has 4 aliphatic rings. The second-order valence-corrected chi connectivity index (χ2v) is 29.8. The van der Waals surface area contributed by atoms with Gasteiger partial charge >= 0.3 is 17.9 Å². The van der Waals surface area contributed by atoms with Gasteiger partial charge in [0, 0.05) is 140 Å². The van der Waals surface area contributed by atoms with Crippen LogP contribution in [0.25, 0.3) is 0 Å². The normalized spacial score (nSPS) is 22.0. The van der Waals surface area contributed by atoms with E-state index in [0.29, 0.717) is 134 Å². The number of unbranched alkanes of at least 4 members (excludes halogenated alkanes) is 1. The Balaban J connectivity index is 1.01.